The summed E-state index contributed by atoms with van der Waals surface area (Å²) in [7, 11) is 1.61. The number of carbonyl (C=O) groups is 2. The quantitative estimate of drug-likeness (QED) is 0.552. The second-order valence-electron chi connectivity index (χ2n) is 9.22. The Morgan fingerprint density at radius 1 is 1.00 bits per heavy atom. The zero-order valence-corrected chi connectivity index (χ0v) is 18.9. The number of hydrogen-bond acceptors (Lipinski definition) is 5. The van der Waals surface area contributed by atoms with E-state index in [4.69, 9.17) is 15.2 Å². The lowest BCUT2D eigenvalue weighted by atomic mass is 9.78. The van der Waals surface area contributed by atoms with Gasteiger partial charge in [-0.2, -0.15) is 0 Å². The van der Waals surface area contributed by atoms with E-state index in [1.807, 2.05) is 24.3 Å². The normalized spacial score (nSPS) is 20.1. The van der Waals surface area contributed by atoms with E-state index in [1.54, 1.807) is 7.11 Å². The third-order valence-corrected chi connectivity index (χ3v) is 6.84. The number of methoxy groups -OCH3 is 1. The molecule has 0 saturated heterocycles. The molecule has 1 aromatic carbocycles. The number of amides is 1. The molecule has 2 aliphatic rings. The van der Waals surface area contributed by atoms with Crippen molar-refractivity contribution in [1.82, 2.24) is 5.32 Å². The van der Waals surface area contributed by atoms with Crippen LogP contribution in [0.2, 0.25) is 0 Å². The van der Waals surface area contributed by atoms with Crippen LogP contribution >= 0.6 is 0 Å². The molecular weight excluding hydrogens is 392 g/mol. The Balaban J connectivity index is 1.63. The summed E-state index contributed by atoms with van der Waals surface area (Å²) in [6.07, 6.45) is 10.8. The van der Waals surface area contributed by atoms with Gasteiger partial charge in [0.15, 0.2) is 11.3 Å². The van der Waals surface area contributed by atoms with E-state index in [1.165, 1.54) is 19.3 Å². The van der Waals surface area contributed by atoms with Gasteiger partial charge in [0.1, 0.15) is 5.75 Å². The van der Waals surface area contributed by atoms with Crippen molar-refractivity contribution in [3.8, 4) is 5.75 Å². The lowest BCUT2D eigenvalue weighted by molar-refractivity contribution is -0.142. The van der Waals surface area contributed by atoms with Crippen molar-refractivity contribution in [3.05, 3.63) is 29.8 Å². The molecule has 1 aromatic rings. The fourth-order valence-corrected chi connectivity index (χ4v) is 4.80. The van der Waals surface area contributed by atoms with E-state index in [9.17, 15) is 9.59 Å². The minimum absolute atomic E-state index is 0.0483. The van der Waals surface area contributed by atoms with Crippen LogP contribution in [0.4, 0.5) is 0 Å². The van der Waals surface area contributed by atoms with E-state index in [0.29, 0.717) is 19.1 Å². The summed E-state index contributed by atoms with van der Waals surface area (Å²) in [5.74, 6) is 0.506. The Bertz CT molecular complexity index is 709. The highest BCUT2D eigenvalue weighted by atomic mass is 16.5. The first-order valence-electron chi connectivity index (χ1n) is 11.8. The van der Waals surface area contributed by atoms with Gasteiger partial charge in [-0.05, 0) is 49.3 Å². The second-order valence-corrected chi connectivity index (χ2v) is 9.22. The van der Waals surface area contributed by atoms with Gasteiger partial charge in [-0.25, -0.2) is 0 Å². The Kier molecular flexibility index (Phi) is 8.90. The van der Waals surface area contributed by atoms with Crippen LogP contribution in [-0.2, 0) is 20.9 Å². The third-order valence-electron chi connectivity index (χ3n) is 6.84. The number of ether oxygens (including phenoxy) is 2. The highest BCUT2D eigenvalue weighted by Crippen LogP contribution is 2.29. The van der Waals surface area contributed by atoms with Gasteiger partial charge in [0.05, 0.1) is 13.7 Å². The van der Waals surface area contributed by atoms with Crippen LogP contribution in [0.15, 0.2) is 24.3 Å². The van der Waals surface area contributed by atoms with Crippen LogP contribution in [-0.4, -0.2) is 37.6 Å². The average molecular weight is 431 g/mol. The maximum absolute atomic E-state index is 13.4. The Hall–Kier alpha value is -1.92. The van der Waals surface area contributed by atoms with Crippen molar-refractivity contribution in [2.24, 2.45) is 17.6 Å². The number of nitrogens with one attached hydrogen (secondary N) is 1. The zero-order chi connectivity index (χ0) is 22.1. The highest BCUT2D eigenvalue weighted by molar-refractivity contribution is 6.11. The lowest BCUT2D eigenvalue weighted by Crippen LogP contribution is -2.64. The Labute approximate surface area is 186 Å². The summed E-state index contributed by atoms with van der Waals surface area (Å²) >= 11 is 0. The molecule has 3 rings (SSSR count). The molecule has 6 nitrogen and oxygen atoms in total. The number of ketones is 1. The molecule has 0 heterocycles. The highest BCUT2D eigenvalue weighted by Gasteiger charge is 2.45. The van der Waals surface area contributed by atoms with Crippen molar-refractivity contribution in [2.75, 3.05) is 20.3 Å². The fourth-order valence-electron chi connectivity index (χ4n) is 4.80. The fraction of sp³-hybridized carbons (Fsp3) is 0.680. The summed E-state index contributed by atoms with van der Waals surface area (Å²) < 4.78 is 11.1. The largest absolute Gasteiger partial charge is 0.497 e. The molecule has 172 valence electrons. The molecule has 2 fully saturated rings. The third kappa shape index (κ3) is 6.53. The number of rotatable bonds is 10. The van der Waals surface area contributed by atoms with E-state index < -0.39 is 11.4 Å². The summed E-state index contributed by atoms with van der Waals surface area (Å²) in [5, 5.41) is 2.88. The van der Waals surface area contributed by atoms with Crippen molar-refractivity contribution >= 4 is 11.7 Å². The van der Waals surface area contributed by atoms with E-state index in [0.717, 1.165) is 56.3 Å². The molecule has 1 atom stereocenters. The van der Waals surface area contributed by atoms with Crippen LogP contribution in [0, 0.1) is 11.8 Å². The van der Waals surface area contributed by atoms with Crippen molar-refractivity contribution in [2.45, 2.75) is 76.3 Å². The molecule has 0 aromatic heterocycles. The standard InChI is InChI=1S/C25H38N2O4/c1-30-22-14-12-19(13-15-22)16-27-24(29)25(26,23(28)21-10-6-3-7-11-21)18-31-17-20-8-4-2-5-9-20/h12-15,20-21H,2-11,16-18,26H2,1H3,(H,27,29)/t25-/m1/s1. The average Bonchev–Trinajstić information content (AvgIpc) is 2.83. The van der Waals surface area contributed by atoms with E-state index in [2.05, 4.69) is 5.32 Å². The first kappa shape index (κ1) is 23.7. The molecule has 0 spiro atoms. The molecule has 0 aliphatic heterocycles. The predicted molar refractivity (Wildman–Crippen MR) is 121 cm³/mol. The van der Waals surface area contributed by atoms with Crippen LogP contribution in [0.25, 0.3) is 0 Å². The smallest absolute Gasteiger partial charge is 0.250 e. The molecule has 1 amide bonds. The SMILES string of the molecule is COc1ccc(CNC(=O)[C@@](N)(COCC2CCCCC2)C(=O)C2CCCCC2)cc1. The van der Waals surface area contributed by atoms with Gasteiger partial charge >= 0.3 is 0 Å². The van der Waals surface area contributed by atoms with Crippen molar-refractivity contribution in [3.63, 3.8) is 0 Å². The first-order chi connectivity index (χ1) is 15.0. The second kappa shape index (κ2) is 11.6. The van der Waals surface area contributed by atoms with E-state index in [-0.39, 0.29) is 18.3 Å². The molecule has 3 N–H and O–H groups in total. The van der Waals surface area contributed by atoms with Gasteiger partial charge in [0, 0.05) is 19.1 Å². The topological polar surface area (TPSA) is 90.7 Å². The molecule has 31 heavy (non-hydrogen) atoms. The minimum Gasteiger partial charge on any atom is -0.497 e. The van der Waals surface area contributed by atoms with Gasteiger partial charge < -0.3 is 20.5 Å². The zero-order valence-electron chi connectivity index (χ0n) is 18.9. The lowest BCUT2D eigenvalue weighted by Gasteiger charge is -2.32. The molecule has 0 bridgehead atoms. The molecular formula is C25H38N2O4. The predicted octanol–water partition coefficient (Wildman–Crippen LogP) is 3.76. The van der Waals surface area contributed by atoms with Crippen LogP contribution in [0.1, 0.15) is 69.8 Å². The van der Waals surface area contributed by atoms with Gasteiger partial charge in [-0.1, -0.05) is 50.7 Å². The minimum atomic E-state index is -1.64. The number of hydrogen-bond donors (Lipinski definition) is 2. The monoisotopic (exact) mass is 430 g/mol. The summed E-state index contributed by atoms with van der Waals surface area (Å²) in [6, 6.07) is 7.47. The maximum Gasteiger partial charge on any atom is 0.250 e. The Morgan fingerprint density at radius 2 is 1.61 bits per heavy atom. The molecule has 0 radical (unpaired) electrons. The van der Waals surface area contributed by atoms with Gasteiger partial charge in [0.25, 0.3) is 5.91 Å². The molecule has 2 saturated carbocycles. The Morgan fingerprint density at radius 3 is 2.23 bits per heavy atom. The maximum atomic E-state index is 13.4. The van der Waals surface area contributed by atoms with Gasteiger partial charge in [0.2, 0.25) is 0 Å². The van der Waals surface area contributed by atoms with Gasteiger partial charge in [-0.3, -0.25) is 9.59 Å². The summed E-state index contributed by atoms with van der Waals surface area (Å²) in [6.45, 7) is 0.832. The van der Waals surface area contributed by atoms with E-state index >= 15 is 0 Å². The van der Waals surface area contributed by atoms with Crippen molar-refractivity contribution in [1.29, 1.82) is 0 Å². The van der Waals surface area contributed by atoms with Crippen LogP contribution in [0.5, 0.6) is 5.75 Å². The number of nitrogens with two attached hydrogens (primary N) is 1. The number of carbonyl (C=O) groups excluding carboxylic acids is 2. The summed E-state index contributed by atoms with van der Waals surface area (Å²) in [5.41, 5.74) is 5.82. The first-order valence-corrected chi connectivity index (χ1v) is 11.8. The molecule has 2 aliphatic carbocycles. The molecule has 6 heteroatoms. The van der Waals surface area contributed by atoms with Crippen molar-refractivity contribution < 1.29 is 19.1 Å². The van der Waals surface area contributed by atoms with Gasteiger partial charge in [-0.15, -0.1) is 0 Å². The number of Topliss-reactive ketones (excluding diaryl/α,β-unsaturated/α-hetero) is 1. The summed E-state index contributed by atoms with van der Waals surface area (Å²) in [4.78, 5) is 26.5. The molecule has 0 unspecified atom stereocenters. The van der Waals surface area contributed by atoms with Crippen LogP contribution in [0.3, 0.4) is 0 Å². The number of benzene rings is 1. The van der Waals surface area contributed by atoms with Crippen LogP contribution < -0.4 is 15.8 Å².